The first-order valence-electron chi connectivity index (χ1n) is 17.3. The van der Waals surface area contributed by atoms with Crippen molar-refractivity contribution in [1.29, 1.82) is 0 Å². The Morgan fingerprint density at radius 3 is 2.07 bits per heavy atom. The summed E-state index contributed by atoms with van der Waals surface area (Å²) < 4.78 is 12.1. The van der Waals surface area contributed by atoms with E-state index in [0.717, 1.165) is 32.1 Å². The minimum atomic E-state index is -0.156. The Morgan fingerprint density at radius 2 is 1.45 bits per heavy atom. The molecule has 2 aromatic carbocycles. The predicted octanol–water partition coefficient (Wildman–Crippen LogP) is 9.28. The first-order valence-corrected chi connectivity index (χ1v) is 17.3. The number of rotatable bonds is 7. The monoisotopic (exact) mass is 596 g/mol. The number of benzene rings is 2. The smallest absolute Gasteiger partial charge is 0.302 e. The Labute approximate surface area is 265 Å². The van der Waals surface area contributed by atoms with Crippen LogP contribution in [0.3, 0.4) is 0 Å². The number of esters is 2. The minimum absolute atomic E-state index is 0.0160. The molecule has 0 heterocycles. The highest BCUT2D eigenvalue weighted by Gasteiger charge is 2.65. The van der Waals surface area contributed by atoms with Crippen LogP contribution in [0.4, 0.5) is 0 Å². The summed E-state index contributed by atoms with van der Waals surface area (Å²) >= 11 is 0. The Hall–Kier alpha value is -2.88. The summed E-state index contributed by atoms with van der Waals surface area (Å²) in [6.07, 6.45) is 12.4. The van der Waals surface area contributed by atoms with E-state index in [9.17, 15) is 9.59 Å². The molecule has 4 nitrogen and oxygen atoms in total. The highest BCUT2D eigenvalue weighted by atomic mass is 16.5. The molecule has 4 aliphatic carbocycles. The number of hydrogen-bond donors (Lipinski definition) is 0. The standard InChI is InChI=1S/C40H52O4/c1-26(16-18-33(29-12-8-6-9-13-29)30-14-10-7-11-15-30)35-20-21-36-34-19-17-31-24-32(43-27(2)41)22-23-39(31,4)37(34)25-38(40(35,36)5)44-28(3)42/h6-15,18,26,31-32,34-38H,16-17,19-25H2,1-5H3/t26-,31-,32-,34-,35-,36+,37-,38-,39+,40-/m1/s1. The summed E-state index contributed by atoms with van der Waals surface area (Å²) in [7, 11) is 0. The van der Waals surface area contributed by atoms with Crippen molar-refractivity contribution in [2.75, 3.05) is 0 Å². The van der Waals surface area contributed by atoms with Gasteiger partial charge in [0.25, 0.3) is 0 Å². The van der Waals surface area contributed by atoms with Crippen molar-refractivity contribution in [3.8, 4) is 0 Å². The zero-order valence-electron chi connectivity index (χ0n) is 27.5. The van der Waals surface area contributed by atoms with Gasteiger partial charge in [0.15, 0.2) is 0 Å². The number of allylic oxidation sites excluding steroid dienone is 1. The van der Waals surface area contributed by atoms with Crippen LogP contribution < -0.4 is 0 Å². The van der Waals surface area contributed by atoms with Gasteiger partial charge in [-0.15, -0.1) is 0 Å². The summed E-state index contributed by atoms with van der Waals surface area (Å²) in [6.45, 7) is 10.6. The average Bonchev–Trinajstić information content (AvgIpc) is 3.37. The van der Waals surface area contributed by atoms with Crippen molar-refractivity contribution in [2.24, 2.45) is 46.3 Å². The molecule has 2 aromatic rings. The van der Waals surface area contributed by atoms with Crippen LogP contribution in [0.25, 0.3) is 5.57 Å². The number of carbonyl (C=O) groups excluding carboxylic acids is 2. The molecule has 236 valence electrons. The van der Waals surface area contributed by atoms with Crippen molar-refractivity contribution < 1.29 is 19.1 Å². The van der Waals surface area contributed by atoms with Crippen molar-refractivity contribution in [2.45, 2.75) is 105 Å². The molecule has 4 fully saturated rings. The summed E-state index contributed by atoms with van der Waals surface area (Å²) in [5.74, 6) is 3.07. The molecule has 4 heteroatoms. The predicted molar refractivity (Wildman–Crippen MR) is 175 cm³/mol. The van der Waals surface area contributed by atoms with Gasteiger partial charge in [0.1, 0.15) is 12.2 Å². The van der Waals surface area contributed by atoms with E-state index in [1.54, 1.807) is 6.92 Å². The molecule has 4 aliphatic rings. The quantitative estimate of drug-likeness (QED) is 0.299. The number of fused-ring (bicyclic) bond motifs is 5. The van der Waals surface area contributed by atoms with Crippen LogP contribution in [0, 0.1) is 46.3 Å². The fourth-order valence-electron chi connectivity index (χ4n) is 10.9. The number of ether oxygens (including phenoxy) is 2. The highest BCUT2D eigenvalue weighted by molar-refractivity contribution is 5.79. The molecule has 0 spiro atoms. The van der Waals surface area contributed by atoms with E-state index in [1.165, 1.54) is 49.3 Å². The molecule has 0 amide bonds. The van der Waals surface area contributed by atoms with Crippen LogP contribution in [0.15, 0.2) is 66.7 Å². The highest BCUT2D eigenvalue weighted by Crippen LogP contribution is 2.69. The van der Waals surface area contributed by atoms with E-state index >= 15 is 0 Å². The largest absolute Gasteiger partial charge is 0.463 e. The van der Waals surface area contributed by atoms with Gasteiger partial charge in [0.05, 0.1) is 0 Å². The van der Waals surface area contributed by atoms with E-state index in [0.29, 0.717) is 35.5 Å². The lowest BCUT2D eigenvalue weighted by atomic mass is 9.43. The maximum absolute atomic E-state index is 12.6. The fourth-order valence-corrected chi connectivity index (χ4v) is 10.9. The third-order valence-corrected chi connectivity index (χ3v) is 13.0. The molecular weight excluding hydrogens is 544 g/mol. The van der Waals surface area contributed by atoms with E-state index in [4.69, 9.17) is 9.47 Å². The molecule has 44 heavy (non-hydrogen) atoms. The van der Waals surface area contributed by atoms with Gasteiger partial charge in [-0.05, 0) is 115 Å². The SMILES string of the molecule is CC(=O)O[C@@H]1CC[C@@]2(C)[C@H](CC[C@H]3[C@H]2C[C@@H](OC(C)=O)[C@]2(C)[C@@H]([C@H](C)CC=C(c4ccccc4)c4ccccc4)CC[C@@H]32)C1. The summed E-state index contributed by atoms with van der Waals surface area (Å²) in [4.78, 5) is 24.4. The van der Waals surface area contributed by atoms with Gasteiger partial charge in [-0.25, -0.2) is 0 Å². The Bertz CT molecular complexity index is 1310. The van der Waals surface area contributed by atoms with Gasteiger partial charge in [-0.3, -0.25) is 9.59 Å². The topological polar surface area (TPSA) is 52.6 Å². The van der Waals surface area contributed by atoms with Crippen molar-refractivity contribution in [3.63, 3.8) is 0 Å². The van der Waals surface area contributed by atoms with Crippen molar-refractivity contribution in [1.82, 2.24) is 0 Å². The second-order valence-electron chi connectivity index (χ2n) is 15.1. The second-order valence-corrected chi connectivity index (χ2v) is 15.1. The Morgan fingerprint density at radius 1 is 0.818 bits per heavy atom. The average molecular weight is 597 g/mol. The number of hydrogen-bond acceptors (Lipinski definition) is 4. The van der Waals surface area contributed by atoms with E-state index in [1.807, 2.05) is 0 Å². The molecule has 4 saturated carbocycles. The van der Waals surface area contributed by atoms with Gasteiger partial charge < -0.3 is 9.47 Å². The molecule has 0 aliphatic heterocycles. The first-order chi connectivity index (χ1) is 21.1. The molecular formula is C40H52O4. The summed E-state index contributed by atoms with van der Waals surface area (Å²) in [5.41, 5.74) is 4.01. The van der Waals surface area contributed by atoms with Crippen molar-refractivity contribution >= 4 is 17.5 Å². The Balaban J connectivity index is 1.26. The lowest BCUT2D eigenvalue weighted by molar-refractivity contribution is -0.197. The lowest BCUT2D eigenvalue weighted by Gasteiger charge is -2.62. The van der Waals surface area contributed by atoms with Gasteiger partial charge in [-0.1, -0.05) is 87.5 Å². The molecule has 6 rings (SSSR count). The first kappa shape index (κ1) is 31.1. The van der Waals surface area contributed by atoms with Crippen LogP contribution >= 0.6 is 0 Å². The summed E-state index contributed by atoms with van der Waals surface area (Å²) in [6, 6.07) is 21.5. The van der Waals surface area contributed by atoms with Crippen LogP contribution in [-0.4, -0.2) is 24.1 Å². The summed E-state index contributed by atoms with van der Waals surface area (Å²) in [5, 5.41) is 0. The maximum Gasteiger partial charge on any atom is 0.302 e. The number of carbonyl (C=O) groups is 2. The van der Waals surface area contributed by atoms with E-state index < -0.39 is 0 Å². The third-order valence-electron chi connectivity index (χ3n) is 13.0. The normalized spacial score (nSPS) is 36.6. The van der Waals surface area contributed by atoms with Gasteiger partial charge in [0, 0.05) is 19.3 Å². The van der Waals surface area contributed by atoms with Gasteiger partial charge in [0.2, 0.25) is 0 Å². The molecule has 0 unspecified atom stereocenters. The minimum Gasteiger partial charge on any atom is -0.463 e. The van der Waals surface area contributed by atoms with E-state index in [-0.39, 0.29) is 35.0 Å². The van der Waals surface area contributed by atoms with Gasteiger partial charge >= 0.3 is 11.9 Å². The molecule has 10 atom stereocenters. The molecule has 0 radical (unpaired) electrons. The van der Waals surface area contributed by atoms with Crippen LogP contribution in [0.5, 0.6) is 0 Å². The Kier molecular flexibility index (Phi) is 8.83. The third kappa shape index (κ3) is 5.67. The van der Waals surface area contributed by atoms with Crippen molar-refractivity contribution in [3.05, 3.63) is 77.9 Å². The molecule has 0 bridgehead atoms. The van der Waals surface area contributed by atoms with Gasteiger partial charge in [-0.2, -0.15) is 0 Å². The maximum atomic E-state index is 12.6. The zero-order chi connectivity index (χ0) is 31.1. The zero-order valence-corrected chi connectivity index (χ0v) is 27.5. The molecule has 0 saturated heterocycles. The van der Waals surface area contributed by atoms with E-state index in [2.05, 4.69) is 87.5 Å². The lowest BCUT2D eigenvalue weighted by Crippen LogP contribution is -2.59. The van der Waals surface area contributed by atoms with Crippen LogP contribution in [0.2, 0.25) is 0 Å². The molecule has 0 aromatic heterocycles. The fraction of sp³-hybridized carbons (Fsp3) is 0.600. The second kappa shape index (κ2) is 12.5. The van der Waals surface area contributed by atoms with Crippen LogP contribution in [0.1, 0.15) is 104 Å². The van der Waals surface area contributed by atoms with Crippen LogP contribution in [-0.2, 0) is 19.1 Å². The molecule has 0 N–H and O–H groups in total.